The fraction of sp³-hybridized carbons (Fsp3) is 0.0952. The van der Waals surface area contributed by atoms with Crippen molar-refractivity contribution in [3.05, 3.63) is 65.8 Å². The normalized spacial score (nSPS) is 11.7. The molecule has 2 heterocycles. The average molecular weight is 521 g/mol. The lowest BCUT2D eigenvalue weighted by molar-refractivity contribution is -0.142. The molecule has 2 aromatic carbocycles. The second kappa shape index (κ2) is 9.28. The second-order valence-electron chi connectivity index (χ2n) is 7.06. The lowest BCUT2D eigenvalue weighted by atomic mass is 10.1. The van der Waals surface area contributed by atoms with E-state index in [-0.39, 0.29) is 27.2 Å². The Bertz CT molecular complexity index is 1490. The number of nitrogens with one attached hydrogen (secondary N) is 1. The molecule has 0 atom stereocenters. The molecular weight excluding hydrogens is 505 g/mol. The quantitative estimate of drug-likeness (QED) is 0.363. The van der Waals surface area contributed by atoms with Crippen LogP contribution in [0.1, 0.15) is 5.56 Å². The van der Waals surface area contributed by atoms with Crippen LogP contribution in [0.5, 0.6) is 11.5 Å². The largest absolute Gasteiger partial charge is 0.456 e. The molecule has 0 aliphatic heterocycles. The summed E-state index contributed by atoms with van der Waals surface area (Å²) < 4.78 is 71.7. The Morgan fingerprint density at radius 2 is 1.94 bits per heavy atom. The minimum atomic E-state index is -4.46. The van der Waals surface area contributed by atoms with Gasteiger partial charge in [-0.1, -0.05) is 12.1 Å². The topological polar surface area (TPSA) is 136 Å². The predicted octanol–water partition coefficient (Wildman–Crippen LogP) is 4.62. The molecular formula is C21H15F3N6O3S2. The van der Waals surface area contributed by atoms with Gasteiger partial charge >= 0.3 is 6.18 Å². The molecule has 4 rings (SSSR count). The van der Waals surface area contributed by atoms with E-state index in [0.717, 1.165) is 11.3 Å². The summed E-state index contributed by atoms with van der Waals surface area (Å²) in [6.07, 6.45) is -1.77. The molecule has 3 N–H and O–H groups in total. The van der Waals surface area contributed by atoms with Crippen LogP contribution < -0.4 is 15.2 Å². The van der Waals surface area contributed by atoms with Gasteiger partial charge in [0.05, 0.1) is 16.7 Å². The Kier molecular flexibility index (Phi) is 6.37. The summed E-state index contributed by atoms with van der Waals surface area (Å²) in [7, 11) is -3.95. The highest BCUT2D eigenvalue weighted by atomic mass is 32.2. The van der Waals surface area contributed by atoms with E-state index < -0.39 is 22.7 Å². The van der Waals surface area contributed by atoms with Crippen LogP contribution in [-0.4, -0.2) is 29.4 Å². The Morgan fingerprint density at radius 1 is 1.20 bits per heavy atom. The number of thiazole rings is 1. The number of nitrogens with two attached hydrogens (primary N) is 1. The number of nitrogen functional groups attached to an aromatic ring is 1. The average Bonchev–Trinajstić information content (AvgIpc) is 3.43. The van der Waals surface area contributed by atoms with Crippen molar-refractivity contribution in [2.24, 2.45) is 0 Å². The van der Waals surface area contributed by atoms with Crippen LogP contribution >= 0.6 is 11.3 Å². The number of aromatic nitrogens is 3. The third kappa shape index (κ3) is 5.53. The summed E-state index contributed by atoms with van der Waals surface area (Å²) in [4.78, 5) is 3.73. The fourth-order valence-electron chi connectivity index (χ4n) is 3.04. The molecule has 0 aliphatic rings. The van der Waals surface area contributed by atoms with Crippen molar-refractivity contribution in [3.8, 4) is 28.7 Å². The molecule has 0 amide bonds. The number of halogens is 3. The SMILES string of the molecule is N#Cc1cc(S(=O)(=O)Nc2nccs2)ccc1Oc1ccc(-c2cnn(CC(F)(F)F)c2N)cc1. The number of nitriles is 1. The summed E-state index contributed by atoms with van der Waals surface area (Å²) in [6, 6.07) is 11.9. The van der Waals surface area contributed by atoms with E-state index in [1.807, 2.05) is 6.07 Å². The number of nitrogens with zero attached hydrogens (tertiary/aromatic N) is 4. The molecule has 0 unspecified atom stereocenters. The van der Waals surface area contributed by atoms with Gasteiger partial charge in [0.1, 0.15) is 29.9 Å². The molecule has 14 heteroatoms. The summed E-state index contributed by atoms with van der Waals surface area (Å²) in [5.41, 5.74) is 6.62. The molecule has 180 valence electrons. The van der Waals surface area contributed by atoms with Crippen molar-refractivity contribution in [2.45, 2.75) is 17.6 Å². The molecule has 4 aromatic rings. The summed E-state index contributed by atoms with van der Waals surface area (Å²) in [5, 5.41) is 15.0. The second-order valence-corrected chi connectivity index (χ2v) is 9.63. The molecule has 0 saturated carbocycles. The third-order valence-electron chi connectivity index (χ3n) is 4.64. The number of benzene rings is 2. The van der Waals surface area contributed by atoms with Crippen LogP contribution in [0.4, 0.5) is 24.1 Å². The number of sulfonamides is 1. The molecule has 0 fully saturated rings. The van der Waals surface area contributed by atoms with Crippen molar-refractivity contribution in [1.82, 2.24) is 14.8 Å². The van der Waals surface area contributed by atoms with Gasteiger partial charge in [-0.3, -0.25) is 4.72 Å². The Hall–Kier alpha value is -4.09. The van der Waals surface area contributed by atoms with E-state index in [1.54, 1.807) is 17.5 Å². The number of hydrogen-bond acceptors (Lipinski definition) is 8. The van der Waals surface area contributed by atoms with Gasteiger partial charge in [0, 0.05) is 17.1 Å². The van der Waals surface area contributed by atoms with Crippen molar-refractivity contribution < 1.29 is 26.3 Å². The first kappa shape index (κ1) is 24.0. The van der Waals surface area contributed by atoms with Crippen molar-refractivity contribution in [1.29, 1.82) is 5.26 Å². The van der Waals surface area contributed by atoms with Crippen molar-refractivity contribution >= 4 is 32.3 Å². The number of ether oxygens (including phenoxy) is 1. The monoisotopic (exact) mass is 520 g/mol. The van der Waals surface area contributed by atoms with Crippen LogP contribution in [0.2, 0.25) is 0 Å². The molecule has 0 aliphatic carbocycles. The highest BCUT2D eigenvalue weighted by Crippen LogP contribution is 2.32. The van der Waals surface area contributed by atoms with E-state index >= 15 is 0 Å². The number of anilines is 2. The molecule has 2 aromatic heterocycles. The number of alkyl halides is 3. The molecule has 0 radical (unpaired) electrons. The van der Waals surface area contributed by atoms with E-state index in [0.29, 0.717) is 21.6 Å². The van der Waals surface area contributed by atoms with E-state index in [1.165, 1.54) is 42.7 Å². The molecule has 0 saturated heterocycles. The van der Waals surface area contributed by atoms with E-state index in [2.05, 4.69) is 14.8 Å². The minimum absolute atomic E-state index is 0.0197. The zero-order valence-electron chi connectivity index (χ0n) is 17.5. The maximum absolute atomic E-state index is 12.6. The molecule has 0 spiro atoms. The lowest BCUT2D eigenvalue weighted by Crippen LogP contribution is -2.19. The first-order chi connectivity index (χ1) is 16.6. The lowest BCUT2D eigenvalue weighted by Gasteiger charge is -2.11. The zero-order chi connectivity index (χ0) is 25.2. The summed E-state index contributed by atoms with van der Waals surface area (Å²) >= 11 is 1.11. The van der Waals surface area contributed by atoms with Gasteiger partial charge in [-0.2, -0.15) is 23.5 Å². The first-order valence-corrected chi connectivity index (χ1v) is 12.0. The minimum Gasteiger partial charge on any atom is -0.456 e. The Balaban J connectivity index is 1.53. The van der Waals surface area contributed by atoms with Crippen LogP contribution in [0.3, 0.4) is 0 Å². The molecule has 35 heavy (non-hydrogen) atoms. The molecule has 9 nitrogen and oxygen atoms in total. The van der Waals surface area contributed by atoms with Gasteiger partial charge in [-0.05, 0) is 35.9 Å². The standard InChI is InChI=1S/C21H15F3N6O3S2/c22-21(23,24)12-30-19(26)17(11-28-30)13-1-3-15(4-2-13)33-18-6-5-16(9-14(18)10-25)35(31,32)29-20-27-7-8-34-20/h1-9,11H,12,26H2,(H,27,29). The van der Waals surface area contributed by atoms with Crippen molar-refractivity contribution in [2.75, 3.05) is 10.5 Å². The molecule has 0 bridgehead atoms. The summed E-state index contributed by atoms with van der Waals surface area (Å²) in [5.74, 6) is 0.292. The number of hydrogen-bond donors (Lipinski definition) is 2. The Labute approximate surface area is 201 Å². The van der Waals surface area contributed by atoms with E-state index in [4.69, 9.17) is 10.5 Å². The van der Waals surface area contributed by atoms with E-state index in [9.17, 15) is 26.9 Å². The third-order valence-corrected chi connectivity index (χ3v) is 6.79. The van der Waals surface area contributed by atoms with Gasteiger partial charge in [0.15, 0.2) is 5.13 Å². The zero-order valence-corrected chi connectivity index (χ0v) is 19.2. The summed E-state index contributed by atoms with van der Waals surface area (Å²) in [6.45, 7) is -1.30. The van der Waals surface area contributed by atoms with Crippen molar-refractivity contribution in [3.63, 3.8) is 0 Å². The van der Waals surface area contributed by atoms with Gasteiger partial charge < -0.3 is 10.5 Å². The van der Waals surface area contributed by atoms with Gasteiger partial charge in [0.25, 0.3) is 10.0 Å². The van der Waals surface area contributed by atoms with Crippen LogP contribution in [0, 0.1) is 11.3 Å². The van der Waals surface area contributed by atoms with Crippen LogP contribution in [-0.2, 0) is 16.6 Å². The Morgan fingerprint density at radius 3 is 2.57 bits per heavy atom. The maximum atomic E-state index is 12.6. The predicted molar refractivity (Wildman–Crippen MR) is 122 cm³/mol. The van der Waals surface area contributed by atoms with Gasteiger partial charge in [-0.15, -0.1) is 11.3 Å². The van der Waals surface area contributed by atoms with Crippen LogP contribution in [0.15, 0.2) is 65.1 Å². The highest BCUT2D eigenvalue weighted by molar-refractivity contribution is 7.93. The number of rotatable bonds is 7. The maximum Gasteiger partial charge on any atom is 0.408 e. The fourth-order valence-corrected chi connectivity index (χ4v) is 4.86. The smallest absolute Gasteiger partial charge is 0.408 e. The highest BCUT2D eigenvalue weighted by Gasteiger charge is 2.30. The van der Waals surface area contributed by atoms with Crippen LogP contribution in [0.25, 0.3) is 11.1 Å². The van der Waals surface area contributed by atoms with Gasteiger partial charge in [-0.25, -0.2) is 18.1 Å². The first-order valence-electron chi connectivity index (χ1n) is 9.68. The van der Waals surface area contributed by atoms with Gasteiger partial charge in [0.2, 0.25) is 0 Å².